The predicted molar refractivity (Wildman–Crippen MR) is 184 cm³/mol. The third-order valence-corrected chi connectivity index (χ3v) is 12.1. The minimum absolute atomic E-state index is 0.0430. The first-order valence-electron chi connectivity index (χ1n) is 17.1. The van der Waals surface area contributed by atoms with Crippen LogP contribution in [0.3, 0.4) is 0 Å². The van der Waals surface area contributed by atoms with Crippen LogP contribution in [0.25, 0.3) is 11.3 Å². The zero-order chi connectivity index (χ0) is 36.0. The van der Waals surface area contributed by atoms with Gasteiger partial charge in [0, 0.05) is 29.5 Å². The highest BCUT2D eigenvalue weighted by atomic mass is 35.5. The summed E-state index contributed by atoms with van der Waals surface area (Å²) in [6.45, 7) is 9.23. The Bertz CT molecular complexity index is 1780. The van der Waals surface area contributed by atoms with Crippen LogP contribution in [0.2, 0.25) is 5.02 Å². The number of ether oxygens (including phenoxy) is 1. The number of carbonyl (C=O) groups excluding carboxylic acids is 4. The highest BCUT2D eigenvalue weighted by Gasteiger charge is 2.62. The van der Waals surface area contributed by atoms with E-state index < -0.39 is 74.1 Å². The molecule has 3 saturated carbocycles. The SMILES string of the molecule is C=C[C@@H]1C[C@]1(NC(=O)[C@@H]1C[C@@H](n2cc(-c3cccc(Cl)c3)nn2)CN1C(=O)[C@@H](NC(=O)OC1CCCC1)C(C)(C)C)C(=O)NS(=O)(=O)C1CC1. The zero-order valence-corrected chi connectivity index (χ0v) is 30.0. The Balaban J connectivity index is 1.27. The van der Waals surface area contributed by atoms with Crippen molar-refractivity contribution in [2.75, 3.05) is 6.54 Å². The number of carbonyl (C=O) groups is 4. The summed E-state index contributed by atoms with van der Waals surface area (Å²) in [4.78, 5) is 56.5. The van der Waals surface area contributed by atoms with Crippen molar-refractivity contribution in [3.05, 3.63) is 48.1 Å². The maximum Gasteiger partial charge on any atom is 0.408 e. The fourth-order valence-corrected chi connectivity index (χ4v) is 8.43. The second-order valence-electron chi connectivity index (χ2n) is 14.9. The quantitative estimate of drug-likeness (QED) is 0.292. The minimum atomic E-state index is -3.88. The van der Waals surface area contributed by atoms with Gasteiger partial charge in [-0.3, -0.25) is 19.1 Å². The first-order chi connectivity index (χ1) is 23.6. The van der Waals surface area contributed by atoms with E-state index in [0.717, 1.165) is 31.2 Å². The molecule has 270 valence electrons. The van der Waals surface area contributed by atoms with Gasteiger partial charge >= 0.3 is 6.09 Å². The van der Waals surface area contributed by atoms with E-state index in [4.69, 9.17) is 16.3 Å². The summed E-state index contributed by atoms with van der Waals surface area (Å²) >= 11 is 6.19. The smallest absolute Gasteiger partial charge is 0.408 e. The molecule has 4 fully saturated rings. The second kappa shape index (κ2) is 13.6. The fourth-order valence-electron chi connectivity index (χ4n) is 6.88. The average molecular weight is 730 g/mol. The van der Waals surface area contributed by atoms with Gasteiger partial charge in [0.2, 0.25) is 21.8 Å². The molecule has 5 atom stereocenters. The molecule has 14 nitrogen and oxygen atoms in total. The highest BCUT2D eigenvalue weighted by Crippen LogP contribution is 2.46. The number of nitrogens with zero attached hydrogens (tertiary/aromatic N) is 4. The van der Waals surface area contributed by atoms with Gasteiger partial charge < -0.3 is 20.3 Å². The molecule has 6 rings (SSSR count). The number of nitrogens with one attached hydrogen (secondary N) is 3. The first-order valence-corrected chi connectivity index (χ1v) is 19.0. The lowest BCUT2D eigenvalue weighted by Gasteiger charge is -2.35. The molecule has 4 amide bonds. The van der Waals surface area contributed by atoms with Crippen molar-refractivity contribution in [2.45, 2.75) is 107 Å². The maximum absolute atomic E-state index is 14.5. The largest absolute Gasteiger partial charge is 0.446 e. The molecular weight excluding hydrogens is 686 g/mol. The van der Waals surface area contributed by atoms with Crippen LogP contribution in [0.15, 0.2) is 43.1 Å². The molecule has 2 aromatic rings. The van der Waals surface area contributed by atoms with E-state index in [2.05, 4.69) is 32.2 Å². The summed E-state index contributed by atoms with van der Waals surface area (Å²) < 4.78 is 34.7. The van der Waals surface area contributed by atoms with Crippen molar-refractivity contribution in [2.24, 2.45) is 11.3 Å². The Hall–Kier alpha value is -3.98. The van der Waals surface area contributed by atoms with Gasteiger partial charge in [0.25, 0.3) is 5.91 Å². The molecular formula is C34H44ClN7O7S. The molecule has 1 aromatic carbocycles. The molecule has 1 aliphatic heterocycles. The standard InChI is InChI=1S/C34H44ClN7O7S/c1-5-21-17-34(21,31(45)39-50(47,48)25-13-14-25)37-29(43)27-16-23(42-19-26(38-40-42)20-9-8-10-22(35)15-20)18-41(27)30(44)28(33(2,3)4)36-32(46)49-24-11-6-7-12-24/h5,8-10,15,19,21,23-25,27-28H,1,6-7,11-14,16-18H2,2-4H3,(H,36,46)(H,37,43)(H,39,45)/t21-,23-,27+,28-,34-/m1/s1. The molecule has 16 heteroatoms. The van der Waals surface area contributed by atoms with Crippen molar-refractivity contribution in [1.29, 1.82) is 0 Å². The topological polar surface area (TPSA) is 182 Å². The lowest BCUT2D eigenvalue weighted by atomic mass is 9.85. The number of hydrogen-bond acceptors (Lipinski definition) is 9. The van der Waals surface area contributed by atoms with Crippen LogP contribution in [0.1, 0.15) is 78.2 Å². The first kappa shape index (κ1) is 35.8. The molecule has 50 heavy (non-hydrogen) atoms. The minimum Gasteiger partial charge on any atom is -0.446 e. The number of rotatable bonds is 11. The molecule has 4 aliphatic rings. The predicted octanol–water partition coefficient (Wildman–Crippen LogP) is 3.49. The molecule has 0 bridgehead atoms. The van der Waals surface area contributed by atoms with Crippen LogP contribution >= 0.6 is 11.6 Å². The van der Waals surface area contributed by atoms with Crippen LogP contribution in [-0.2, 0) is 29.1 Å². The molecule has 2 heterocycles. The second-order valence-corrected chi connectivity index (χ2v) is 17.3. The third-order valence-electron chi connectivity index (χ3n) is 10.1. The summed E-state index contributed by atoms with van der Waals surface area (Å²) in [6.07, 6.45) is 6.93. The Labute approximate surface area is 296 Å². The number of sulfonamides is 1. The summed E-state index contributed by atoms with van der Waals surface area (Å²) in [6, 6.07) is 4.46. The lowest BCUT2D eigenvalue weighted by Crippen LogP contribution is -2.60. The van der Waals surface area contributed by atoms with Crippen LogP contribution < -0.4 is 15.4 Å². The van der Waals surface area contributed by atoms with Gasteiger partial charge in [-0.2, -0.15) is 0 Å². The van der Waals surface area contributed by atoms with E-state index in [1.54, 1.807) is 49.8 Å². The van der Waals surface area contributed by atoms with E-state index >= 15 is 0 Å². The molecule has 0 unspecified atom stereocenters. The lowest BCUT2D eigenvalue weighted by molar-refractivity contribution is -0.142. The van der Waals surface area contributed by atoms with Gasteiger partial charge in [0.15, 0.2) is 0 Å². The summed E-state index contributed by atoms with van der Waals surface area (Å²) in [7, 11) is -3.88. The molecule has 0 spiro atoms. The Kier molecular flexibility index (Phi) is 9.76. The number of aromatic nitrogens is 3. The Morgan fingerprint density at radius 2 is 1.86 bits per heavy atom. The van der Waals surface area contributed by atoms with Crippen molar-refractivity contribution in [1.82, 2.24) is 35.2 Å². The maximum atomic E-state index is 14.5. The van der Waals surface area contributed by atoms with Gasteiger partial charge in [-0.05, 0) is 62.5 Å². The van der Waals surface area contributed by atoms with Gasteiger partial charge in [0.1, 0.15) is 29.4 Å². The monoisotopic (exact) mass is 729 g/mol. The van der Waals surface area contributed by atoms with Crippen molar-refractivity contribution in [3.63, 3.8) is 0 Å². The number of halogens is 1. The summed E-state index contributed by atoms with van der Waals surface area (Å²) in [5, 5.41) is 14.1. The van der Waals surface area contributed by atoms with Gasteiger partial charge in [-0.1, -0.05) is 55.8 Å². The Morgan fingerprint density at radius 1 is 1.14 bits per heavy atom. The van der Waals surface area contributed by atoms with Gasteiger partial charge in [-0.25, -0.2) is 17.9 Å². The molecule has 3 N–H and O–H groups in total. The number of likely N-dealkylation sites (tertiary alicyclic amines) is 1. The van der Waals surface area contributed by atoms with Crippen molar-refractivity contribution >= 4 is 45.4 Å². The van der Waals surface area contributed by atoms with Gasteiger partial charge in [0.05, 0.1) is 17.5 Å². The van der Waals surface area contributed by atoms with Crippen molar-refractivity contribution in [3.8, 4) is 11.3 Å². The normalized spacial score (nSPS) is 25.8. The number of amides is 4. The Morgan fingerprint density at radius 3 is 2.48 bits per heavy atom. The fraction of sp³-hybridized carbons (Fsp3) is 0.588. The summed E-state index contributed by atoms with van der Waals surface area (Å²) in [5.41, 5.74) is -1.03. The van der Waals surface area contributed by atoms with Gasteiger partial charge in [-0.15, -0.1) is 11.7 Å². The average Bonchev–Trinajstić information content (AvgIpc) is 3.81. The third kappa shape index (κ3) is 7.53. The highest BCUT2D eigenvalue weighted by molar-refractivity contribution is 7.91. The molecule has 0 radical (unpaired) electrons. The molecule has 1 saturated heterocycles. The summed E-state index contributed by atoms with van der Waals surface area (Å²) in [5.74, 6) is -2.49. The van der Waals surface area contributed by atoms with Crippen LogP contribution in [-0.4, -0.2) is 87.6 Å². The number of hydrogen-bond donors (Lipinski definition) is 3. The van der Waals surface area contributed by atoms with E-state index in [9.17, 15) is 27.6 Å². The molecule has 1 aromatic heterocycles. The van der Waals surface area contributed by atoms with E-state index in [0.29, 0.717) is 23.6 Å². The molecule has 3 aliphatic carbocycles. The van der Waals surface area contributed by atoms with Crippen molar-refractivity contribution < 1.29 is 32.3 Å². The van der Waals surface area contributed by atoms with E-state index in [1.165, 1.54) is 11.0 Å². The van der Waals surface area contributed by atoms with E-state index in [-0.39, 0.29) is 25.5 Å². The van der Waals surface area contributed by atoms with Crippen LogP contribution in [0.4, 0.5) is 4.79 Å². The van der Waals surface area contributed by atoms with Crippen LogP contribution in [0, 0.1) is 11.3 Å². The zero-order valence-electron chi connectivity index (χ0n) is 28.4. The number of alkyl carbamates (subject to hydrolysis) is 1. The number of benzene rings is 1. The van der Waals surface area contributed by atoms with E-state index in [1.807, 2.05) is 6.07 Å². The van der Waals surface area contributed by atoms with Crippen LogP contribution in [0.5, 0.6) is 0 Å².